The van der Waals surface area contributed by atoms with Gasteiger partial charge in [-0.2, -0.15) is 0 Å². The monoisotopic (exact) mass is 283 g/mol. The molecule has 1 nitrogen and oxygen atoms in total. The average Bonchev–Trinajstić information content (AvgIpc) is 2.45. The van der Waals surface area contributed by atoms with Gasteiger partial charge in [-0.1, -0.05) is 90.9 Å². The van der Waals surface area contributed by atoms with E-state index in [-0.39, 0.29) is 0 Å². The Bertz CT molecular complexity index is 167. The molecule has 0 saturated carbocycles. The molecule has 0 aliphatic heterocycles. The van der Waals surface area contributed by atoms with E-state index in [1.54, 1.807) is 0 Å². The first kappa shape index (κ1) is 20.0. The molecule has 1 heteroatoms. The van der Waals surface area contributed by atoms with Gasteiger partial charge in [0, 0.05) is 6.04 Å². The lowest BCUT2D eigenvalue weighted by Gasteiger charge is -2.13. The summed E-state index contributed by atoms with van der Waals surface area (Å²) in [5, 5.41) is 3.68. The van der Waals surface area contributed by atoms with Crippen LogP contribution in [0.1, 0.15) is 111 Å². The molecule has 0 fully saturated rings. The highest BCUT2D eigenvalue weighted by Crippen LogP contribution is 2.09. The Hall–Kier alpha value is -0.0400. The van der Waals surface area contributed by atoms with E-state index in [1.165, 1.54) is 96.4 Å². The molecule has 20 heavy (non-hydrogen) atoms. The van der Waals surface area contributed by atoms with Crippen LogP contribution in [0.4, 0.5) is 0 Å². The van der Waals surface area contributed by atoms with Crippen molar-refractivity contribution in [3.8, 4) is 0 Å². The predicted octanol–water partition coefficient (Wildman–Crippen LogP) is 6.47. The van der Waals surface area contributed by atoms with E-state index in [9.17, 15) is 0 Å². The molecule has 0 aromatic rings. The summed E-state index contributed by atoms with van der Waals surface area (Å²) < 4.78 is 0. The Morgan fingerprint density at radius 3 is 1.60 bits per heavy atom. The van der Waals surface area contributed by atoms with Crippen molar-refractivity contribution < 1.29 is 0 Å². The molecule has 1 N–H and O–H groups in total. The Kier molecular flexibility index (Phi) is 17.0. The van der Waals surface area contributed by atoms with Crippen LogP contribution in [0.15, 0.2) is 0 Å². The highest BCUT2D eigenvalue weighted by molar-refractivity contribution is 4.61. The van der Waals surface area contributed by atoms with Crippen molar-refractivity contribution in [1.29, 1.82) is 0 Å². The van der Waals surface area contributed by atoms with E-state index in [0.717, 1.165) is 6.04 Å². The van der Waals surface area contributed by atoms with Crippen LogP contribution < -0.4 is 5.32 Å². The lowest BCUT2D eigenvalue weighted by molar-refractivity contribution is 0.466. The van der Waals surface area contributed by atoms with Gasteiger partial charge in [0.05, 0.1) is 0 Å². The minimum Gasteiger partial charge on any atom is -0.314 e. The van der Waals surface area contributed by atoms with Crippen LogP contribution in [0.25, 0.3) is 0 Å². The summed E-state index contributed by atoms with van der Waals surface area (Å²) in [6, 6.07) is 0.723. The maximum Gasteiger partial charge on any atom is 0.00387 e. The molecule has 1 unspecified atom stereocenters. The van der Waals surface area contributed by atoms with Crippen molar-refractivity contribution in [3.05, 3.63) is 0 Å². The summed E-state index contributed by atoms with van der Waals surface area (Å²) >= 11 is 0. The topological polar surface area (TPSA) is 12.0 Å². The van der Waals surface area contributed by atoms with Crippen molar-refractivity contribution in [3.63, 3.8) is 0 Å². The van der Waals surface area contributed by atoms with Gasteiger partial charge >= 0.3 is 0 Å². The molecule has 1 atom stereocenters. The third kappa shape index (κ3) is 16.0. The molecule has 0 amide bonds. The minimum absolute atomic E-state index is 0.723. The van der Waals surface area contributed by atoms with Gasteiger partial charge in [0.2, 0.25) is 0 Å². The summed E-state index contributed by atoms with van der Waals surface area (Å²) in [6.45, 7) is 8.15. The van der Waals surface area contributed by atoms with Crippen LogP contribution in [-0.2, 0) is 0 Å². The molecule has 0 aliphatic rings. The van der Waals surface area contributed by atoms with E-state index in [4.69, 9.17) is 0 Å². The molecule has 0 aromatic carbocycles. The predicted molar refractivity (Wildman–Crippen MR) is 93.5 cm³/mol. The first-order valence-corrected chi connectivity index (χ1v) is 9.54. The summed E-state index contributed by atoms with van der Waals surface area (Å²) in [5.74, 6) is 0. The van der Waals surface area contributed by atoms with Gasteiger partial charge in [-0.05, 0) is 26.3 Å². The highest BCUT2D eigenvalue weighted by atomic mass is 14.9. The van der Waals surface area contributed by atoms with Crippen LogP contribution in [0, 0.1) is 0 Å². The molecule has 0 spiro atoms. The fraction of sp³-hybridized carbons (Fsp3) is 1.00. The number of unbranched alkanes of at least 4 members (excludes halogenated alkanes) is 11. The average molecular weight is 284 g/mol. The maximum absolute atomic E-state index is 3.68. The minimum atomic E-state index is 0.723. The van der Waals surface area contributed by atoms with Crippen molar-refractivity contribution >= 4 is 0 Å². The van der Waals surface area contributed by atoms with Gasteiger partial charge in [0.25, 0.3) is 0 Å². The van der Waals surface area contributed by atoms with Gasteiger partial charge in [0.15, 0.2) is 0 Å². The Morgan fingerprint density at radius 2 is 1.05 bits per heavy atom. The molecular formula is C19H41N. The molecule has 0 bridgehead atoms. The molecule has 0 rings (SSSR count). The van der Waals surface area contributed by atoms with E-state index >= 15 is 0 Å². The standard InChI is InChI=1S/C19H41N/c1-4-6-8-10-11-12-14-16-18-20-19(3)17-15-13-9-7-5-2/h19-20H,4-18H2,1-3H3. The van der Waals surface area contributed by atoms with Crippen molar-refractivity contribution in [1.82, 2.24) is 5.32 Å². The highest BCUT2D eigenvalue weighted by Gasteiger charge is 2.00. The number of nitrogens with one attached hydrogen (secondary N) is 1. The van der Waals surface area contributed by atoms with Gasteiger partial charge in [-0.3, -0.25) is 0 Å². The fourth-order valence-corrected chi connectivity index (χ4v) is 2.76. The molecule has 0 saturated heterocycles. The third-order valence-corrected chi connectivity index (χ3v) is 4.26. The lowest BCUT2D eigenvalue weighted by atomic mass is 10.1. The zero-order valence-corrected chi connectivity index (χ0v) is 14.7. The van der Waals surface area contributed by atoms with Gasteiger partial charge in [0.1, 0.15) is 0 Å². The molecule has 122 valence electrons. The normalized spacial score (nSPS) is 12.8. The van der Waals surface area contributed by atoms with E-state index < -0.39 is 0 Å². The van der Waals surface area contributed by atoms with Crippen LogP contribution in [0.2, 0.25) is 0 Å². The van der Waals surface area contributed by atoms with Crippen LogP contribution in [0.3, 0.4) is 0 Å². The van der Waals surface area contributed by atoms with Gasteiger partial charge in [-0.15, -0.1) is 0 Å². The smallest absolute Gasteiger partial charge is 0.00387 e. The Morgan fingerprint density at radius 1 is 0.600 bits per heavy atom. The SMILES string of the molecule is CCCCCCCCCCNC(C)CCCCCCC. The molecular weight excluding hydrogens is 242 g/mol. The summed E-state index contributed by atoms with van der Waals surface area (Å²) in [5.41, 5.74) is 0. The second kappa shape index (κ2) is 17.0. The maximum atomic E-state index is 3.68. The van der Waals surface area contributed by atoms with E-state index in [0.29, 0.717) is 0 Å². The molecule has 0 aromatic heterocycles. The zero-order chi connectivity index (χ0) is 14.9. The fourth-order valence-electron chi connectivity index (χ4n) is 2.76. The molecule has 0 radical (unpaired) electrons. The Labute approximate surface area is 129 Å². The number of rotatable bonds is 16. The van der Waals surface area contributed by atoms with Crippen LogP contribution >= 0.6 is 0 Å². The Balaban J connectivity index is 3.09. The zero-order valence-electron chi connectivity index (χ0n) is 14.7. The summed E-state index contributed by atoms with van der Waals surface area (Å²) in [6.07, 6.45) is 19.8. The third-order valence-electron chi connectivity index (χ3n) is 4.26. The largest absolute Gasteiger partial charge is 0.314 e. The van der Waals surface area contributed by atoms with Crippen molar-refractivity contribution in [2.45, 2.75) is 117 Å². The van der Waals surface area contributed by atoms with Crippen LogP contribution in [-0.4, -0.2) is 12.6 Å². The van der Waals surface area contributed by atoms with Gasteiger partial charge < -0.3 is 5.32 Å². The van der Waals surface area contributed by atoms with E-state index in [1.807, 2.05) is 0 Å². The second-order valence-corrected chi connectivity index (χ2v) is 6.53. The first-order valence-electron chi connectivity index (χ1n) is 9.54. The lowest BCUT2D eigenvalue weighted by Crippen LogP contribution is -2.26. The molecule has 0 aliphatic carbocycles. The summed E-state index contributed by atoms with van der Waals surface area (Å²) in [7, 11) is 0. The quantitative estimate of drug-likeness (QED) is 0.320. The second-order valence-electron chi connectivity index (χ2n) is 6.53. The van der Waals surface area contributed by atoms with Crippen molar-refractivity contribution in [2.75, 3.05) is 6.54 Å². The number of hydrogen-bond acceptors (Lipinski definition) is 1. The van der Waals surface area contributed by atoms with Gasteiger partial charge in [-0.25, -0.2) is 0 Å². The first-order chi connectivity index (χ1) is 9.81. The van der Waals surface area contributed by atoms with Crippen LogP contribution in [0.5, 0.6) is 0 Å². The van der Waals surface area contributed by atoms with Crippen molar-refractivity contribution in [2.24, 2.45) is 0 Å². The molecule has 0 heterocycles. The number of hydrogen-bond donors (Lipinski definition) is 1. The van der Waals surface area contributed by atoms with E-state index in [2.05, 4.69) is 26.1 Å². The summed E-state index contributed by atoms with van der Waals surface area (Å²) in [4.78, 5) is 0.